The molecule has 3 aliphatic heterocycles. The van der Waals surface area contributed by atoms with Crippen LogP contribution in [0.5, 0.6) is 5.75 Å². The van der Waals surface area contributed by atoms with Gasteiger partial charge in [0.15, 0.2) is 0 Å². The highest BCUT2D eigenvalue weighted by atomic mass is 16.5. The van der Waals surface area contributed by atoms with E-state index in [1.807, 2.05) is 0 Å². The summed E-state index contributed by atoms with van der Waals surface area (Å²) in [6.07, 6.45) is 1.56. The molecule has 3 fully saturated rings. The molecule has 1 aromatic rings. The molecule has 0 spiro atoms. The number of hydrogen-bond donors (Lipinski definition) is 1. The molecular formula is C19H26N4O4. The number of amides is 4. The minimum absolute atomic E-state index is 0.0267. The van der Waals surface area contributed by atoms with E-state index in [2.05, 4.69) is 5.32 Å². The maximum Gasteiger partial charge on any atom is 0.321 e. The summed E-state index contributed by atoms with van der Waals surface area (Å²) in [5.74, 6) is 0.333. The fourth-order valence-electron chi connectivity index (χ4n) is 3.58. The van der Waals surface area contributed by atoms with Crippen LogP contribution in [0.15, 0.2) is 24.3 Å². The minimum atomic E-state index is -0.250. The van der Waals surface area contributed by atoms with Crippen LogP contribution in [0, 0.1) is 5.92 Å². The lowest BCUT2D eigenvalue weighted by atomic mass is 9.94. The van der Waals surface area contributed by atoms with E-state index in [9.17, 15) is 14.4 Å². The zero-order valence-electron chi connectivity index (χ0n) is 16.0. The average molecular weight is 374 g/mol. The Hall–Kier alpha value is -2.77. The molecule has 0 radical (unpaired) electrons. The van der Waals surface area contributed by atoms with Crippen molar-refractivity contribution in [2.24, 2.45) is 5.92 Å². The predicted octanol–water partition coefficient (Wildman–Crippen LogP) is 1.24. The minimum Gasteiger partial charge on any atom is -0.497 e. The molecule has 0 unspecified atom stereocenters. The molecule has 1 N–H and O–H groups in total. The number of fused-ring (bicyclic) bond motifs is 4. The summed E-state index contributed by atoms with van der Waals surface area (Å²) in [6, 6.07) is 6.75. The van der Waals surface area contributed by atoms with Crippen molar-refractivity contribution in [2.75, 3.05) is 46.2 Å². The molecule has 0 aliphatic carbocycles. The van der Waals surface area contributed by atoms with Gasteiger partial charge in [-0.3, -0.25) is 9.59 Å². The van der Waals surface area contributed by atoms with E-state index < -0.39 is 0 Å². The normalized spacial score (nSPS) is 21.7. The zero-order chi connectivity index (χ0) is 19.6. The molecule has 3 heterocycles. The Bertz CT molecular complexity index is 719. The quantitative estimate of drug-likeness (QED) is 0.860. The SMILES string of the molecule is COc1ccc(NC(=O)N2C[C@H]3CC[C@@H](C2)N(CC(=O)N(C)C)C3=O)cc1. The van der Waals surface area contributed by atoms with E-state index in [-0.39, 0.29) is 36.3 Å². The molecule has 2 bridgehead atoms. The second-order valence-electron chi connectivity index (χ2n) is 7.25. The third kappa shape index (κ3) is 4.15. The fraction of sp³-hybridized carbons (Fsp3) is 0.526. The van der Waals surface area contributed by atoms with Gasteiger partial charge >= 0.3 is 6.03 Å². The van der Waals surface area contributed by atoms with Crippen LogP contribution in [-0.2, 0) is 9.59 Å². The molecule has 4 rings (SSSR count). The number of likely N-dealkylation sites (N-methyl/N-ethyl adjacent to an activating group) is 1. The lowest BCUT2D eigenvalue weighted by molar-refractivity contribution is -0.145. The summed E-state index contributed by atoms with van der Waals surface area (Å²) in [4.78, 5) is 42.4. The fourth-order valence-corrected chi connectivity index (χ4v) is 3.58. The first-order chi connectivity index (χ1) is 12.9. The van der Waals surface area contributed by atoms with Crippen LogP contribution >= 0.6 is 0 Å². The van der Waals surface area contributed by atoms with Crippen molar-refractivity contribution in [1.82, 2.24) is 14.7 Å². The van der Waals surface area contributed by atoms with Crippen molar-refractivity contribution in [3.63, 3.8) is 0 Å². The number of rotatable bonds is 4. The van der Waals surface area contributed by atoms with E-state index in [0.29, 0.717) is 24.5 Å². The summed E-state index contributed by atoms with van der Waals surface area (Å²) in [6.45, 7) is 0.885. The van der Waals surface area contributed by atoms with Crippen molar-refractivity contribution in [1.29, 1.82) is 0 Å². The van der Waals surface area contributed by atoms with Crippen LogP contribution in [0.3, 0.4) is 0 Å². The Balaban J connectivity index is 1.68. The van der Waals surface area contributed by atoms with Crippen molar-refractivity contribution < 1.29 is 19.1 Å². The van der Waals surface area contributed by atoms with Crippen molar-refractivity contribution >= 4 is 23.5 Å². The molecular weight excluding hydrogens is 348 g/mol. The van der Waals surface area contributed by atoms with Crippen LogP contribution in [0.25, 0.3) is 0 Å². The topological polar surface area (TPSA) is 82.2 Å². The molecule has 8 heteroatoms. The van der Waals surface area contributed by atoms with Gasteiger partial charge in [-0.2, -0.15) is 0 Å². The molecule has 0 aromatic heterocycles. The second kappa shape index (κ2) is 7.85. The van der Waals surface area contributed by atoms with Crippen LogP contribution in [-0.4, -0.2) is 79.4 Å². The van der Waals surface area contributed by atoms with Gasteiger partial charge in [-0.05, 0) is 37.1 Å². The Morgan fingerprint density at radius 2 is 1.89 bits per heavy atom. The lowest BCUT2D eigenvalue weighted by Gasteiger charge is -2.35. The standard InChI is InChI=1S/C19H26N4O4/c1-21(2)17(24)12-23-15-7-4-13(18(23)25)10-22(11-15)19(26)20-14-5-8-16(27-3)9-6-14/h5-6,8-9,13,15H,4,7,10-12H2,1-3H3,(H,20,26)/t13-,15+/m1/s1. The van der Waals surface area contributed by atoms with E-state index in [1.165, 1.54) is 4.90 Å². The Morgan fingerprint density at radius 1 is 1.19 bits per heavy atom. The Morgan fingerprint density at radius 3 is 2.52 bits per heavy atom. The third-order valence-electron chi connectivity index (χ3n) is 5.23. The molecule has 27 heavy (non-hydrogen) atoms. The number of nitrogens with zero attached hydrogens (tertiary/aromatic N) is 3. The van der Waals surface area contributed by atoms with Gasteiger partial charge in [0.05, 0.1) is 13.0 Å². The van der Waals surface area contributed by atoms with Gasteiger partial charge in [0.25, 0.3) is 0 Å². The lowest BCUT2D eigenvalue weighted by Crippen LogP contribution is -2.51. The first kappa shape index (κ1) is 19.0. The summed E-state index contributed by atoms with van der Waals surface area (Å²) in [7, 11) is 4.94. The number of benzene rings is 1. The van der Waals surface area contributed by atoms with Gasteiger partial charge in [0, 0.05) is 38.9 Å². The zero-order valence-corrected chi connectivity index (χ0v) is 16.0. The number of urea groups is 1. The number of piperidine rings is 1. The highest BCUT2D eigenvalue weighted by Crippen LogP contribution is 2.29. The van der Waals surface area contributed by atoms with Crippen molar-refractivity contribution in [3.05, 3.63) is 24.3 Å². The number of carbonyl (C=O) groups is 3. The van der Waals surface area contributed by atoms with Crippen LogP contribution in [0.4, 0.5) is 10.5 Å². The number of nitrogens with one attached hydrogen (secondary N) is 1. The van der Waals surface area contributed by atoms with Crippen LogP contribution in [0.2, 0.25) is 0 Å². The molecule has 146 valence electrons. The average Bonchev–Trinajstić information content (AvgIpc) is 2.95. The Kier molecular flexibility index (Phi) is 5.53. The largest absolute Gasteiger partial charge is 0.497 e. The second-order valence-corrected chi connectivity index (χ2v) is 7.25. The summed E-state index contributed by atoms with van der Waals surface area (Å²) in [5.41, 5.74) is 0.670. The molecule has 4 amide bonds. The number of methoxy groups -OCH3 is 1. The Labute approximate surface area is 159 Å². The number of hydrogen-bond acceptors (Lipinski definition) is 4. The van der Waals surface area contributed by atoms with E-state index >= 15 is 0 Å². The summed E-state index contributed by atoms with van der Waals surface area (Å²) < 4.78 is 5.12. The summed E-state index contributed by atoms with van der Waals surface area (Å²) >= 11 is 0. The molecule has 0 saturated carbocycles. The van der Waals surface area contributed by atoms with Gasteiger partial charge in [0.2, 0.25) is 11.8 Å². The predicted molar refractivity (Wildman–Crippen MR) is 101 cm³/mol. The van der Waals surface area contributed by atoms with Gasteiger partial charge in [-0.15, -0.1) is 0 Å². The van der Waals surface area contributed by atoms with Gasteiger partial charge in [0.1, 0.15) is 12.3 Å². The van der Waals surface area contributed by atoms with Crippen molar-refractivity contribution in [2.45, 2.75) is 18.9 Å². The molecule has 3 saturated heterocycles. The van der Waals surface area contributed by atoms with E-state index in [4.69, 9.17) is 4.74 Å². The van der Waals surface area contributed by atoms with Gasteiger partial charge in [-0.1, -0.05) is 0 Å². The third-order valence-corrected chi connectivity index (χ3v) is 5.23. The number of anilines is 1. The molecule has 1 aromatic carbocycles. The first-order valence-corrected chi connectivity index (χ1v) is 9.09. The highest BCUT2D eigenvalue weighted by Gasteiger charge is 2.42. The highest BCUT2D eigenvalue weighted by molar-refractivity contribution is 5.91. The maximum absolute atomic E-state index is 12.7. The molecule has 3 aliphatic rings. The monoisotopic (exact) mass is 374 g/mol. The first-order valence-electron chi connectivity index (χ1n) is 9.09. The van der Waals surface area contributed by atoms with Gasteiger partial charge in [-0.25, -0.2) is 4.79 Å². The van der Waals surface area contributed by atoms with E-state index in [0.717, 1.165) is 12.8 Å². The van der Waals surface area contributed by atoms with Crippen LogP contribution < -0.4 is 10.1 Å². The van der Waals surface area contributed by atoms with Crippen LogP contribution in [0.1, 0.15) is 12.8 Å². The summed E-state index contributed by atoms with van der Waals surface area (Å²) in [5, 5.41) is 2.87. The number of ether oxygens (including phenoxy) is 1. The molecule has 8 nitrogen and oxygen atoms in total. The smallest absolute Gasteiger partial charge is 0.321 e. The van der Waals surface area contributed by atoms with Crippen molar-refractivity contribution in [3.8, 4) is 5.75 Å². The maximum atomic E-state index is 12.7. The molecule has 2 atom stereocenters. The number of carbonyl (C=O) groups excluding carboxylic acids is 3. The van der Waals surface area contributed by atoms with Gasteiger partial charge < -0.3 is 24.8 Å². The van der Waals surface area contributed by atoms with E-state index in [1.54, 1.807) is 55.3 Å².